The Bertz CT molecular complexity index is 1720. The van der Waals surface area contributed by atoms with Gasteiger partial charge in [0.05, 0.1) is 29.0 Å². The molecule has 1 aromatic carbocycles. The predicted octanol–water partition coefficient (Wildman–Crippen LogP) is 3.91. The number of carbonyl (C=O) groups is 3. The zero-order valence-corrected chi connectivity index (χ0v) is 25.6. The Balaban J connectivity index is 1.61. The zero-order chi connectivity index (χ0) is 30.8. The number of amides is 1. The van der Waals surface area contributed by atoms with E-state index in [2.05, 4.69) is 24.1 Å². The Morgan fingerprint density at radius 3 is 2.52 bits per heavy atom. The number of esters is 2. The summed E-state index contributed by atoms with van der Waals surface area (Å²) in [4.78, 5) is 58.1. The molecule has 0 radical (unpaired) electrons. The molecule has 0 saturated heterocycles. The molecule has 12 heteroatoms. The number of rotatable bonds is 5. The Hall–Kier alpha value is -4.06. The predicted molar refractivity (Wildman–Crippen MR) is 158 cm³/mol. The highest BCUT2D eigenvalue weighted by Crippen LogP contribution is 2.54. The summed E-state index contributed by atoms with van der Waals surface area (Å²) >= 11 is 0. The van der Waals surface area contributed by atoms with E-state index >= 15 is 0 Å². The maximum absolute atomic E-state index is 13.9. The minimum Gasteiger partial charge on any atom is -0.508 e. The van der Waals surface area contributed by atoms with Crippen LogP contribution in [-0.4, -0.2) is 63.6 Å². The molecule has 0 unspecified atom stereocenters. The number of phenols is 1. The Morgan fingerprint density at radius 1 is 1.17 bits per heavy atom. The minimum atomic E-state index is -1.89. The highest BCUT2D eigenvalue weighted by atomic mass is 32.3. The smallest absolute Gasteiger partial charge is 0.408 e. The van der Waals surface area contributed by atoms with Crippen molar-refractivity contribution in [1.82, 2.24) is 14.9 Å². The average Bonchev–Trinajstić information content (AvgIpc) is 3.24. The maximum Gasteiger partial charge on any atom is 0.408 e. The molecular weight excluding hydrogens is 562 g/mol. The number of nitrogens with zero attached hydrogens (tertiary/aromatic N) is 2. The number of aromatic nitrogens is 2. The number of alkyl carbamates (subject to hydrolysis) is 1. The number of cyclic esters (lactones) is 1. The second-order valence-corrected chi connectivity index (χ2v) is 16.3. The van der Waals surface area contributed by atoms with E-state index in [1.54, 1.807) is 56.5 Å². The van der Waals surface area contributed by atoms with Crippen molar-refractivity contribution in [2.45, 2.75) is 63.4 Å². The Morgan fingerprint density at radius 2 is 1.88 bits per heavy atom. The van der Waals surface area contributed by atoms with Gasteiger partial charge in [0.2, 0.25) is 5.60 Å². The van der Waals surface area contributed by atoms with Crippen LogP contribution in [0.3, 0.4) is 0 Å². The standard InChI is InChI=1S/C30H35N3O8S/c1-8-30(40-23(35)13-31-28(38)41-29(2,3)4)20-12-22-24-18(14-33(22)26(36)19(20)15-39-27(30)37)25(42(5,6)7)17-11-16(34)9-10-21(17)32-24/h9-12,34H,8,13-15H2,1-7H3,(H,31,38)/t30-/m0/s1. The Kier molecular flexibility index (Phi) is 7.04. The third-order valence-electron chi connectivity index (χ3n) is 7.26. The van der Waals surface area contributed by atoms with Gasteiger partial charge in [-0.05, 0) is 70.2 Å². The van der Waals surface area contributed by atoms with Gasteiger partial charge in [-0.15, -0.1) is 0 Å². The van der Waals surface area contributed by atoms with Crippen molar-refractivity contribution < 1.29 is 33.7 Å². The molecule has 42 heavy (non-hydrogen) atoms. The fourth-order valence-corrected chi connectivity index (χ4v) is 7.30. The molecule has 2 aliphatic rings. The number of hydrogen-bond acceptors (Lipinski definition) is 9. The summed E-state index contributed by atoms with van der Waals surface area (Å²) in [5.74, 6) is -1.56. The van der Waals surface area contributed by atoms with Crippen LogP contribution < -0.4 is 10.9 Å². The van der Waals surface area contributed by atoms with E-state index in [1.807, 2.05) is 0 Å². The lowest BCUT2D eigenvalue weighted by Crippen LogP contribution is -2.49. The number of benzene rings is 1. The van der Waals surface area contributed by atoms with Crippen LogP contribution in [0.1, 0.15) is 50.8 Å². The monoisotopic (exact) mass is 597 g/mol. The van der Waals surface area contributed by atoms with Crippen LogP contribution in [0.5, 0.6) is 5.75 Å². The number of carbonyl (C=O) groups excluding carboxylic acids is 3. The number of aromatic hydroxyl groups is 1. The topological polar surface area (TPSA) is 146 Å². The lowest BCUT2D eigenvalue weighted by molar-refractivity contribution is -0.188. The first-order valence-corrected chi connectivity index (χ1v) is 16.4. The van der Waals surface area contributed by atoms with Crippen LogP contribution in [0, 0.1) is 0 Å². The molecule has 224 valence electrons. The number of pyridine rings is 2. The maximum atomic E-state index is 13.9. The highest BCUT2D eigenvalue weighted by Gasteiger charge is 2.50. The third kappa shape index (κ3) is 4.97. The van der Waals surface area contributed by atoms with E-state index in [-0.39, 0.29) is 42.0 Å². The van der Waals surface area contributed by atoms with Crippen molar-refractivity contribution in [3.63, 3.8) is 0 Å². The minimum absolute atomic E-state index is 0.00538. The fraction of sp³-hybridized carbons (Fsp3) is 0.433. The average molecular weight is 598 g/mol. The number of hydrogen-bond donors (Lipinski definition) is 2. The van der Waals surface area contributed by atoms with Crippen molar-refractivity contribution in [1.29, 1.82) is 0 Å². The molecule has 0 aliphatic carbocycles. The summed E-state index contributed by atoms with van der Waals surface area (Å²) in [6.45, 7) is 6.17. The molecule has 3 aromatic rings. The molecule has 4 heterocycles. The van der Waals surface area contributed by atoms with Gasteiger partial charge in [-0.3, -0.25) is 9.59 Å². The first-order valence-electron chi connectivity index (χ1n) is 13.5. The number of nitrogens with one attached hydrogen (secondary N) is 1. The van der Waals surface area contributed by atoms with Gasteiger partial charge in [-0.2, -0.15) is 0 Å². The molecular formula is C30H35N3O8S. The van der Waals surface area contributed by atoms with E-state index < -0.39 is 45.8 Å². The zero-order valence-electron chi connectivity index (χ0n) is 24.7. The van der Waals surface area contributed by atoms with Crippen molar-refractivity contribution in [3.8, 4) is 17.1 Å². The molecule has 0 fully saturated rings. The summed E-state index contributed by atoms with van der Waals surface area (Å²) in [7, 11) is -1.36. The summed E-state index contributed by atoms with van der Waals surface area (Å²) in [6, 6.07) is 6.71. The Labute approximate surface area is 244 Å². The van der Waals surface area contributed by atoms with Gasteiger partial charge in [0.25, 0.3) is 5.56 Å². The van der Waals surface area contributed by atoms with Crippen LogP contribution in [0.25, 0.3) is 22.3 Å². The van der Waals surface area contributed by atoms with E-state index in [9.17, 15) is 24.3 Å². The molecule has 11 nitrogen and oxygen atoms in total. The molecule has 5 rings (SSSR count). The molecule has 0 bridgehead atoms. The van der Waals surface area contributed by atoms with Gasteiger partial charge in [-0.25, -0.2) is 24.6 Å². The molecule has 0 saturated carbocycles. The van der Waals surface area contributed by atoms with Crippen LogP contribution in [0.15, 0.2) is 34.0 Å². The summed E-state index contributed by atoms with van der Waals surface area (Å²) < 4.78 is 17.9. The molecule has 2 aromatic heterocycles. The second kappa shape index (κ2) is 10.0. The van der Waals surface area contributed by atoms with Gasteiger partial charge in [0.15, 0.2) is 0 Å². The molecule has 2 N–H and O–H groups in total. The lowest BCUT2D eigenvalue weighted by Gasteiger charge is -2.35. The van der Waals surface area contributed by atoms with Crippen molar-refractivity contribution in [3.05, 3.63) is 51.3 Å². The molecule has 1 amide bonds. The van der Waals surface area contributed by atoms with Gasteiger partial charge >= 0.3 is 18.0 Å². The first kappa shape index (κ1) is 29.4. The number of fused-ring (bicyclic) bond motifs is 5. The summed E-state index contributed by atoms with van der Waals surface area (Å²) in [5.41, 5.74) is 0.0928. The summed E-state index contributed by atoms with van der Waals surface area (Å²) in [5, 5.41) is 13.4. The molecule has 2 aliphatic heterocycles. The van der Waals surface area contributed by atoms with Crippen molar-refractivity contribution >= 4 is 39.0 Å². The SMILES string of the molecule is CC[C@@]1(OC(=O)CNC(=O)OC(C)(C)C)C(=O)OCc2c1cc1n(c2=O)Cc2c-1nc1ccc(O)cc1c2S(C)(C)C. The lowest BCUT2D eigenvalue weighted by atomic mass is 9.85. The number of phenolic OH excluding ortho intramolecular Hbond substituents is 1. The van der Waals surface area contributed by atoms with Gasteiger partial charge in [0.1, 0.15) is 24.5 Å². The first-order chi connectivity index (χ1) is 19.6. The van der Waals surface area contributed by atoms with E-state index in [0.717, 1.165) is 15.8 Å². The van der Waals surface area contributed by atoms with E-state index in [4.69, 9.17) is 19.2 Å². The van der Waals surface area contributed by atoms with Gasteiger partial charge in [0, 0.05) is 21.4 Å². The normalized spacial score (nSPS) is 18.0. The van der Waals surface area contributed by atoms with Gasteiger partial charge in [-0.1, -0.05) is 6.92 Å². The van der Waals surface area contributed by atoms with E-state index in [0.29, 0.717) is 16.9 Å². The highest BCUT2D eigenvalue weighted by molar-refractivity contribution is 8.32. The van der Waals surface area contributed by atoms with Crippen LogP contribution in [-0.2, 0) is 42.6 Å². The van der Waals surface area contributed by atoms with Gasteiger partial charge < -0.3 is 29.2 Å². The molecule has 1 atom stereocenters. The van der Waals surface area contributed by atoms with E-state index in [1.165, 1.54) is 0 Å². The van der Waals surface area contributed by atoms with Crippen LogP contribution >= 0.6 is 10.0 Å². The third-order valence-corrected chi connectivity index (χ3v) is 8.95. The molecule has 0 spiro atoms. The summed E-state index contributed by atoms with van der Waals surface area (Å²) in [6.07, 6.45) is 5.61. The number of ether oxygens (including phenoxy) is 3. The second-order valence-electron chi connectivity index (χ2n) is 12.2. The largest absolute Gasteiger partial charge is 0.508 e. The van der Waals surface area contributed by atoms with Crippen LogP contribution in [0.4, 0.5) is 4.79 Å². The van der Waals surface area contributed by atoms with Crippen molar-refractivity contribution in [2.75, 3.05) is 25.3 Å². The quantitative estimate of drug-likeness (QED) is 0.258. The van der Waals surface area contributed by atoms with Crippen LogP contribution in [0.2, 0.25) is 0 Å². The van der Waals surface area contributed by atoms with Crippen molar-refractivity contribution in [2.24, 2.45) is 0 Å². The fourth-order valence-electron chi connectivity index (χ4n) is 5.58.